The predicted octanol–water partition coefficient (Wildman–Crippen LogP) is 6.11. The number of benzene rings is 2. The Labute approximate surface area is 182 Å². The van der Waals surface area contributed by atoms with E-state index < -0.39 is 29.3 Å². The highest BCUT2D eigenvalue weighted by atomic mass is 35.5. The maximum atomic E-state index is 13.7. The maximum Gasteiger partial charge on any atom is 0.433 e. The zero-order chi connectivity index (χ0) is 22.3. The maximum absolute atomic E-state index is 13.7. The molecule has 1 N–H and O–H groups in total. The van der Waals surface area contributed by atoms with Crippen molar-refractivity contribution < 1.29 is 22.4 Å². The van der Waals surface area contributed by atoms with Gasteiger partial charge in [0.25, 0.3) is 5.91 Å². The first-order valence-corrected chi connectivity index (χ1v) is 9.39. The molecular weight excluding hydrogens is 459 g/mol. The highest BCUT2D eigenvalue weighted by Gasteiger charge is 2.36. The molecule has 2 aromatic carbocycles. The number of carbonyl (C=O) groups excluding carboxylic acids is 1. The molecule has 0 radical (unpaired) electrons. The Morgan fingerprint density at radius 3 is 2.39 bits per heavy atom. The zero-order valence-corrected chi connectivity index (χ0v) is 16.7. The number of halogens is 6. The summed E-state index contributed by atoms with van der Waals surface area (Å²) in [6.07, 6.45) is -4.79. The molecule has 31 heavy (non-hydrogen) atoms. The first-order chi connectivity index (χ1) is 14.6. The van der Waals surface area contributed by atoms with Gasteiger partial charge in [-0.15, -0.1) is 0 Å². The third-order valence-electron chi connectivity index (χ3n) is 4.29. The van der Waals surface area contributed by atoms with Crippen molar-refractivity contribution in [1.82, 2.24) is 14.6 Å². The van der Waals surface area contributed by atoms with Gasteiger partial charge in [0.2, 0.25) is 0 Å². The summed E-state index contributed by atoms with van der Waals surface area (Å²) in [7, 11) is 0. The Morgan fingerprint density at radius 2 is 1.74 bits per heavy atom. The van der Waals surface area contributed by atoms with Gasteiger partial charge >= 0.3 is 6.18 Å². The normalized spacial score (nSPS) is 11.7. The lowest BCUT2D eigenvalue weighted by molar-refractivity contribution is -0.142. The summed E-state index contributed by atoms with van der Waals surface area (Å²) in [5, 5.41) is 5.50. The number of hydrogen-bond donors (Lipinski definition) is 1. The summed E-state index contributed by atoms with van der Waals surface area (Å²) in [6, 6.07) is 12.4. The topological polar surface area (TPSA) is 59.3 Å². The number of rotatable bonds is 3. The molecule has 0 aliphatic rings. The Kier molecular flexibility index (Phi) is 5.32. The second-order valence-corrected chi connectivity index (χ2v) is 7.16. The van der Waals surface area contributed by atoms with Gasteiger partial charge in [-0.1, -0.05) is 53.5 Å². The van der Waals surface area contributed by atoms with Crippen LogP contribution in [0, 0.1) is 5.82 Å². The van der Waals surface area contributed by atoms with E-state index in [-0.39, 0.29) is 27.1 Å². The summed E-state index contributed by atoms with van der Waals surface area (Å²) in [4.78, 5) is 16.8. The highest BCUT2D eigenvalue weighted by Crippen LogP contribution is 2.34. The van der Waals surface area contributed by atoms with E-state index in [1.165, 1.54) is 6.07 Å². The van der Waals surface area contributed by atoms with Crippen LogP contribution in [0.1, 0.15) is 16.2 Å². The molecule has 0 saturated heterocycles. The molecule has 0 unspecified atom stereocenters. The van der Waals surface area contributed by atoms with Gasteiger partial charge < -0.3 is 5.32 Å². The number of alkyl halides is 3. The SMILES string of the molecule is O=C(Nc1ccc(F)c(Cl)c1)c1nn2c(C(F)(F)F)cc(-c3ccccc3)nc2c1Cl. The van der Waals surface area contributed by atoms with Gasteiger partial charge in [-0.25, -0.2) is 13.9 Å². The average Bonchev–Trinajstić information content (AvgIpc) is 3.06. The van der Waals surface area contributed by atoms with Gasteiger partial charge in [-0.05, 0) is 24.3 Å². The van der Waals surface area contributed by atoms with Crippen molar-refractivity contribution in [2.75, 3.05) is 5.32 Å². The fourth-order valence-electron chi connectivity index (χ4n) is 2.86. The highest BCUT2D eigenvalue weighted by molar-refractivity contribution is 6.37. The molecular formula is C20H10Cl2F4N4O. The third kappa shape index (κ3) is 4.06. The van der Waals surface area contributed by atoms with Gasteiger partial charge in [0.15, 0.2) is 17.0 Å². The third-order valence-corrected chi connectivity index (χ3v) is 4.92. The molecule has 4 rings (SSSR count). The van der Waals surface area contributed by atoms with Gasteiger partial charge in [0.1, 0.15) is 10.8 Å². The van der Waals surface area contributed by atoms with Crippen LogP contribution in [0.4, 0.5) is 23.2 Å². The molecule has 5 nitrogen and oxygen atoms in total. The molecule has 4 aromatic rings. The monoisotopic (exact) mass is 468 g/mol. The molecule has 0 atom stereocenters. The molecule has 158 valence electrons. The lowest BCUT2D eigenvalue weighted by atomic mass is 10.1. The summed E-state index contributed by atoms with van der Waals surface area (Å²) >= 11 is 11.9. The lowest BCUT2D eigenvalue weighted by Gasteiger charge is -2.11. The van der Waals surface area contributed by atoms with Gasteiger partial charge in [0.05, 0.1) is 10.7 Å². The Morgan fingerprint density at radius 1 is 1.03 bits per heavy atom. The average molecular weight is 469 g/mol. The predicted molar refractivity (Wildman–Crippen MR) is 108 cm³/mol. The van der Waals surface area contributed by atoms with E-state index in [0.29, 0.717) is 10.1 Å². The summed E-state index contributed by atoms with van der Waals surface area (Å²) in [6.45, 7) is 0. The van der Waals surface area contributed by atoms with Crippen LogP contribution < -0.4 is 5.32 Å². The second-order valence-electron chi connectivity index (χ2n) is 6.37. The first kappa shape index (κ1) is 21.1. The number of amides is 1. The Hall–Kier alpha value is -3.17. The fraction of sp³-hybridized carbons (Fsp3) is 0.0500. The molecule has 0 aliphatic heterocycles. The number of nitrogens with one attached hydrogen (secondary N) is 1. The minimum Gasteiger partial charge on any atom is -0.320 e. The molecule has 0 fully saturated rings. The van der Waals surface area contributed by atoms with Crippen molar-refractivity contribution in [3.05, 3.63) is 81.8 Å². The van der Waals surface area contributed by atoms with Crippen LogP contribution in [0.3, 0.4) is 0 Å². The number of nitrogens with zero attached hydrogens (tertiary/aromatic N) is 3. The molecule has 0 bridgehead atoms. The molecule has 1 amide bonds. The van der Waals surface area contributed by atoms with E-state index in [2.05, 4.69) is 15.4 Å². The number of carbonyl (C=O) groups is 1. The van der Waals surface area contributed by atoms with E-state index >= 15 is 0 Å². The van der Waals surface area contributed by atoms with Crippen LogP contribution in [0.2, 0.25) is 10.0 Å². The zero-order valence-electron chi connectivity index (χ0n) is 15.2. The van der Waals surface area contributed by atoms with E-state index in [1.54, 1.807) is 30.3 Å². The van der Waals surface area contributed by atoms with Crippen molar-refractivity contribution in [3.8, 4) is 11.3 Å². The van der Waals surface area contributed by atoms with E-state index in [1.807, 2.05) is 0 Å². The molecule has 11 heteroatoms. The number of hydrogen-bond acceptors (Lipinski definition) is 3. The largest absolute Gasteiger partial charge is 0.433 e. The smallest absolute Gasteiger partial charge is 0.320 e. The Balaban J connectivity index is 1.83. The molecule has 2 heterocycles. The van der Waals surface area contributed by atoms with Crippen LogP contribution in [-0.2, 0) is 6.18 Å². The van der Waals surface area contributed by atoms with Crippen molar-refractivity contribution in [3.63, 3.8) is 0 Å². The lowest BCUT2D eigenvalue weighted by Crippen LogP contribution is -2.16. The van der Waals surface area contributed by atoms with Crippen LogP contribution in [0.5, 0.6) is 0 Å². The van der Waals surface area contributed by atoms with Gasteiger partial charge in [-0.2, -0.15) is 18.3 Å². The van der Waals surface area contributed by atoms with Gasteiger partial charge in [0, 0.05) is 11.3 Å². The Bertz CT molecular complexity index is 1310. The number of aromatic nitrogens is 3. The minimum absolute atomic E-state index is 0.0134. The van der Waals surface area contributed by atoms with E-state index in [0.717, 1.165) is 18.2 Å². The second kappa shape index (κ2) is 7.82. The van der Waals surface area contributed by atoms with Gasteiger partial charge in [-0.3, -0.25) is 4.79 Å². The van der Waals surface area contributed by atoms with E-state index in [9.17, 15) is 22.4 Å². The molecule has 0 aliphatic carbocycles. The van der Waals surface area contributed by atoms with Crippen LogP contribution in [0.15, 0.2) is 54.6 Å². The minimum atomic E-state index is -4.79. The van der Waals surface area contributed by atoms with Crippen LogP contribution in [-0.4, -0.2) is 20.5 Å². The van der Waals surface area contributed by atoms with Crippen LogP contribution in [0.25, 0.3) is 16.9 Å². The quantitative estimate of drug-likeness (QED) is 0.368. The van der Waals surface area contributed by atoms with Crippen molar-refractivity contribution >= 4 is 40.4 Å². The number of fused-ring (bicyclic) bond motifs is 1. The first-order valence-electron chi connectivity index (χ1n) is 8.63. The molecule has 0 saturated carbocycles. The van der Waals surface area contributed by atoms with Crippen molar-refractivity contribution in [2.45, 2.75) is 6.18 Å². The van der Waals surface area contributed by atoms with Crippen molar-refractivity contribution in [1.29, 1.82) is 0 Å². The van der Waals surface area contributed by atoms with E-state index in [4.69, 9.17) is 23.2 Å². The summed E-state index contributed by atoms with van der Waals surface area (Å²) in [5.41, 5.74) is -1.41. The molecule has 0 spiro atoms. The number of anilines is 1. The molecule has 2 aromatic heterocycles. The summed E-state index contributed by atoms with van der Waals surface area (Å²) in [5.74, 6) is -1.61. The summed E-state index contributed by atoms with van der Waals surface area (Å²) < 4.78 is 54.9. The standard InChI is InChI=1S/C20H10Cl2F4N4O/c21-12-8-11(6-7-13(12)23)27-19(31)17-16(22)18-28-14(10-4-2-1-3-5-10)9-15(20(24,25)26)30(18)29-17/h1-9H,(H,27,31). The van der Waals surface area contributed by atoms with Crippen LogP contribution >= 0.6 is 23.2 Å². The fourth-order valence-corrected chi connectivity index (χ4v) is 3.29. The van der Waals surface area contributed by atoms with Crippen molar-refractivity contribution in [2.24, 2.45) is 0 Å².